The molecule has 114 valence electrons. The maximum absolute atomic E-state index is 4.78. The number of nitrogens with one attached hydrogen (secondary N) is 1. The number of hydrogen-bond acceptors (Lipinski definition) is 3. The third kappa shape index (κ3) is 2.40. The fraction of sp³-hybridized carbons (Fsp3) is 0.167. The molecule has 0 aliphatic carbocycles. The van der Waals surface area contributed by atoms with Gasteiger partial charge in [0.2, 0.25) is 0 Å². The SMILES string of the molecule is CCc1nc(-c2cccc(C)c2)c(-c2ccc3ncnn3c2)[nH]1. The Kier molecular flexibility index (Phi) is 3.19. The molecule has 0 spiro atoms. The summed E-state index contributed by atoms with van der Waals surface area (Å²) in [6.07, 6.45) is 4.41. The van der Waals surface area contributed by atoms with Gasteiger partial charge in [0, 0.05) is 23.7 Å². The van der Waals surface area contributed by atoms with Crippen LogP contribution in [-0.4, -0.2) is 24.6 Å². The molecule has 0 atom stereocenters. The lowest BCUT2D eigenvalue weighted by molar-refractivity contribution is 0.960. The van der Waals surface area contributed by atoms with Gasteiger partial charge in [-0.05, 0) is 25.1 Å². The molecule has 3 aromatic heterocycles. The second-order valence-electron chi connectivity index (χ2n) is 5.61. The zero-order valence-electron chi connectivity index (χ0n) is 13.1. The molecule has 1 N–H and O–H groups in total. The van der Waals surface area contributed by atoms with Crippen LogP contribution in [0.15, 0.2) is 48.9 Å². The third-order valence-corrected chi connectivity index (χ3v) is 3.94. The summed E-state index contributed by atoms with van der Waals surface area (Å²) in [4.78, 5) is 12.4. The number of hydrogen-bond donors (Lipinski definition) is 1. The molecule has 0 radical (unpaired) electrons. The molecule has 0 bridgehead atoms. The molecule has 5 heteroatoms. The van der Waals surface area contributed by atoms with Crippen molar-refractivity contribution in [2.24, 2.45) is 0 Å². The Labute approximate surface area is 134 Å². The van der Waals surface area contributed by atoms with Gasteiger partial charge in [-0.25, -0.2) is 14.5 Å². The molecule has 4 rings (SSSR count). The number of pyridine rings is 1. The van der Waals surface area contributed by atoms with Crippen molar-refractivity contribution in [3.8, 4) is 22.5 Å². The first kappa shape index (κ1) is 13.7. The van der Waals surface area contributed by atoms with Gasteiger partial charge in [-0.15, -0.1) is 0 Å². The van der Waals surface area contributed by atoms with Crippen LogP contribution >= 0.6 is 0 Å². The van der Waals surface area contributed by atoms with E-state index in [4.69, 9.17) is 4.98 Å². The van der Waals surface area contributed by atoms with Crippen molar-refractivity contribution in [3.63, 3.8) is 0 Å². The van der Waals surface area contributed by atoms with Crippen LogP contribution in [0.2, 0.25) is 0 Å². The Balaban J connectivity index is 1.91. The summed E-state index contributed by atoms with van der Waals surface area (Å²) >= 11 is 0. The zero-order chi connectivity index (χ0) is 15.8. The number of fused-ring (bicyclic) bond motifs is 1. The maximum atomic E-state index is 4.78. The van der Waals surface area contributed by atoms with Crippen LogP contribution < -0.4 is 0 Å². The Morgan fingerprint density at radius 3 is 2.87 bits per heavy atom. The van der Waals surface area contributed by atoms with Crippen LogP contribution in [0.3, 0.4) is 0 Å². The number of aryl methyl sites for hydroxylation is 2. The first-order valence-corrected chi connectivity index (χ1v) is 7.70. The number of benzene rings is 1. The van der Waals surface area contributed by atoms with Crippen LogP contribution in [0, 0.1) is 6.92 Å². The quantitative estimate of drug-likeness (QED) is 0.628. The summed E-state index contributed by atoms with van der Waals surface area (Å²) in [7, 11) is 0. The molecular formula is C18H17N5. The summed E-state index contributed by atoms with van der Waals surface area (Å²) in [5, 5.41) is 4.22. The molecular weight excluding hydrogens is 286 g/mol. The molecule has 0 aliphatic heterocycles. The Morgan fingerprint density at radius 1 is 1.13 bits per heavy atom. The summed E-state index contributed by atoms with van der Waals surface area (Å²) in [5.74, 6) is 0.982. The summed E-state index contributed by atoms with van der Waals surface area (Å²) in [6.45, 7) is 4.20. The van der Waals surface area contributed by atoms with E-state index in [2.05, 4.69) is 59.2 Å². The van der Waals surface area contributed by atoms with Crippen LogP contribution in [0.1, 0.15) is 18.3 Å². The van der Waals surface area contributed by atoms with E-state index >= 15 is 0 Å². The van der Waals surface area contributed by atoms with Crippen LogP contribution in [0.4, 0.5) is 0 Å². The minimum Gasteiger partial charge on any atom is -0.341 e. The molecule has 1 aromatic carbocycles. The molecule has 4 aromatic rings. The van der Waals surface area contributed by atoms with E-state index in [0.717, 1.165) is 40.4 Å². The molecule has 3 heterocycles. The lowest BCUT2D eigenvalue weighted by Gasteiger charge is -2.04. The highest BCUT2D eigenvalue weighted by Gasteiger charge is 2.14. The normalized spacial score (nSPS) is 11.2. The van der Waals surface area contributed by atoms with E-state index in [1.807, 2.05) is 12.3 Å². The van der Waals surface area contributed by atoms with Crippen molar-refractivity contribution in [2.75, 3.05) is 0 Å². The van der Waals surface area contributed by atoms with Gasteiger partial charge in [0.1, 0.15) is 12.2 Å². The maximum Gasteiger partial charge on any atom is 0.155 e. The second-order valence-corrected chi connectivity index (χ2v) is 5.61. The number of nitrogens with zero attached hydrogens (tertiary/aromatic N) is 4. The number of aromatic nitrogens is 5. The summed E-state index contributed by atoms with van der Waals surface area (Å²) < 4.78 is 1.78. The monoisotopic (exact) mass is 303 g/mol. The average Bonchev–Trinajstić information content (AvgIpc) is 3.20. The molecule has 23 heavy (non-hydrogen) atoms. The van der Waals surface area contributed by atoms with E-state index < -0.39 is 0 Å². The van der Waals surface area contributed by atoms with Crippen molar-refractivity contribution >= 4 is 5.65 Å². The lowest BCUT2D eigenvalue weighted by Crippen LogP contribution is -1.90. The van der Waals surface area contributed by atoms with Crippen molar-refractivity contribution in [3.05, 3.63) is 60.3 Å². The van der Waals surface area contributed by atoms with Crippen LogP contribution in [-0.2, 0) is 6.42 Å². The first-order chi connectivity index (χ1) is 11.2. The second kappa shape index (κ2) is 5.35. The molecule has 0 saturated heterocycles. The van der Waals surface area contributed by atoms with Gasteiger partial charge in [-0.3, -0.25) is 0 Å². The Hall–Kier alpha value is -2.95. The number of rotatable bonds is 3. The fourth-order valence-electron chi connectivity index (χ4n) is 2.76. The van der Waals surface area contributed by atoms with Gasteiger partial charge >= 0.3 is 0 Å². The fourth-order valence-corrected chi connectivity index (χ4v) is 2.76. The molecule has 0 aliphatic rings. The van der Waals surface area contributed by atoms with E-state index in [9.17, 15) is 0 Å². The molecule has 0 amide bonds. The van der Waals surface area contributed by atoms with E-state index in [-0.39, 0.29) is 0 Å². The largest absolute Gasteiger partial charge is 0.341 e. The van der Waals surface area contributed by atoms with Gasteiger partial charge in [-0.1, -0.05) is 30.7 Å². The number of H-pyrrole nitrogens is 1. The van der Waals surface area contributed by atoms with Crippen molar-refractivity contribution < 1.29 is 0 Å². The molecule has 0 saturated carbocycles. The number of aromatic amines is 1. The summed E-state index contributed by atoms with van der Waals surface area (Å²) in [6, 6.07) is 12.4. The van der Waals surface area contributed by atoms with Gasteiger partial charge in [0.15, 0.2) is 5.65 Å². The van der Waals surface area contributed by atoms with Gasteiger partial charge in [0.25, 0.3) is 0 Å². The third-order valence-electron chi connectivity index (χ3n) is 3.94. The molecule has 0 fully saturated rings. The first-order valence-electron chi connectivity index (χ1n) is 7.70. The number of imidazole rings is 1. The van der Waals surface area contributed by atoms with Crippen molar-refractivity contribution in [1.29, 1.82) is 0 Å². The minimum absolute atomic E-state index is 0.834. The van der Waals surface area contributed by atoms with Crippen molar-refractivity contribution in [2.45, 2.75) is 20.3 Å². The molecule has 5 nitrogen and oxygen atoms in total. The Morgan fingerprint density at radius 2 is 2.04 bits per heavy atom. The predicted molar refractivity (Wildman–Crippen MR) is 90.1 cm³/mol. The van der Waals surface area contributed by atoms with Gasteiger partial charge < -0.3 is 4.98 Å². The van der Waals surface area contributed by atoms with Gasteiger partial charge in [-0.2, -0.15) is 5.10 Å². The summed E-state index contributed by atoms with van der Waals surface area (Å²) in [5.41, 5.74) is 6.22. The Bertz CT molecular complexity index is 980. The van der Waals surface area contributed by atoms with E-state index in [1.54, 1.807) is 10.8 Å². The van der Waals surface area contributed by atoms with Crippen LogP contribution in [0.25, 0.3) is 28.2 Å². The smallest absolute Gasteiger partial charge is 0.155 e. The lowest BCUT2D eigenvalue weighted by atomic mass is 10.0. The molecule has 0 unspecified atom stereocenters. The standard InChI is InChI=1S/C18H17N5/c1-3-15-21-17(13-6-4-5-12(2)9-13)18(22-15)14-7-8-16-19-11-20-23(16)10-14/h4-11H,3H2,1-2H3,(H,21,22). The van der Waals surface area contributed by atoms with Crippen LogP contribution in [0.5, 0.6) is 0 Å². The topological polar surface area (TPSA) is 58.9 Å². The highest BCUT2D eigenvalue weighted by molar-refractivity contribution is 5.78. The van der Waals surface area contributed by atoms with Gasteiger partial charge in [0.05, 0.1) is 11.4 Å². The minimum atomic E-state index is 0.834. The average molecular weight is 303 g/mol. The predicted octanol–water partition coefficient (Wildman–Crippen LogP) is 3.66. The highest BCUT2D eigenvalue weighted by Crippen LogP contribution is 2.30. The zero-order valence-corrected chi connectivity index (χ0v) is 13.1. The van der Waals surface area contributed by atoms with E-state index in [0.29, 0.717) is 0 Å². The van der Waals surface area contributed by atoms with E-state index in [1.165, 1.54) is 5.56 Å². The highest BCUT2D eigenvalue weighted by atomic mass is 15.3. The van der Waals surface area contributed by atoms with Crippen molar-refractivity contribution in [1.82, 2.24) is 24.6 Å².